The zero-order chi connectivity index (χ0) is 10.0. The molecule has 1 N–H and O–H groups in total. The van der Waals surface area contributed by atoms with Gasteiger partial charge in [0.1, 0.15) is 0 Å². The van der Waals surface area contributed by atoms with E-state index in [9.17, 15) is 5.11 Å². The third kappa shape index (κ3) is 2.12. The first-order valence-electron chi connectivity index (χ1n) is 6.00. The molecule has 0 bridgehead atoms. The highest BCUT2D eigenvalue weighted by molar-refractivity contribution is 4.89. The topological polar surface area (TPSA) is 29.5 Å². The van der Waals surface area contributed by atoms with E-state index in [0.717, 1.165) is 19.4 Å². The summed E-state index contributed by atoms with van der Waals surface area (Å²) in [6.07, 6.45) is 8.50. The Morgan fingerprint density at radius 3 is 2.57 bits per heavy atom. The van der Waals surface area contributed by atoms with Crippen molar-refractivity contribution in [3.05, 3.63) is 0 Å². The summed E-state index contributed by atoms with van der Waals surface area (Å²) < 4.78 is 5.83. The minimum absolute atomic E-state index is 0.118. The van der Waals surface area contributed by atoms with Crippen LogP contribution in [0, 0.1) is 5.41 Å². The summed E-state index contributed by atoms with van der Waals surface area (Å²) in [5.74, 6) is 0. The summed E-state index contributed by atoms with van der Waals surface area (Å²) in [7, 11) is 0. The second kappa shape index (κ2) is 4.19. The van der Waals surface area contributed by atoms with Gasteiger partial charge in [-0.25, -0.2) is 0 Å². The van der Waals surface area contributed by atoms with Gasteiger partial charge in [0.05, 0.1) is 12.2 Å². The fraction of sp³-hybridized carbons (Fsp3) is 1.00. The van der Waals surface area contributed by atoms with E-state index in [4.69, 9.17) is 4.74 Å². The van der Waals surface area contributed by atoms with Gasteiger partial charge in [0.25, 0.3) is 0 Å². The van der Waals surface area contributed by atoms with E-state index in [1.54, 1.807) is 0 Å². The standard InChI is InChI=1S/C12H22O2/c1-12(6-3-2-4-7-12)11-9-10(13)5-8-14-11/h10-11,13H,2-9H2,1H3/t10-,11+/m0/s1. The van der Waals surface area contributed by atoms with Gasteiger partial charge in [-0.3, -0.25) is 0 Å². The fourth-order valence-electron chi connectivity index (χ4n) is 2.95. The van der Waals surface area contributed by atoms with Crippen LogP contribution in [0.4, 0.5) is 0 Å². The van der Waals surface area contributed by atoms with Gasteiger partial charge in [0, 0.05) is 13.0 Å². The molecule has 0 spiro atoms. The Hall–Kier alpha value is -0.0800. The molecule has 2 fully saturated rings. The van der Waals surface area contributed by atoms with Crippen LogP contribution in [0.5, 0.6) is 0 Å². The third-order valence-corrected chi connectivity index (χ3v) is 4.03. The maximum atomic E-state index is 9.64. The summed E-state index contributed by atoms with van der Waals surface area (Å²) in [6, 6.07) is 0. The molecule has 1 heterocycles. The lowest BCUT2D eigenvalue weighted by Crippen LogP contribution is -2.42. The minimum Gasteiger partial charge on any atom is -0.393 e. The lowest BCUT2D eigenvalue weighted by Gasteiger charge is -2.43. The summed E-state index contributed by atoms with van der Waals surface area (Å²) in [5, 5.41) is 9.64. The van der Waals surface area contributed by atoms with E-state index in [1.807, 2.05) is 0 Å². The normalized spacial score (nSPS) is 38.1. The first kappa shape index (κ1) is 10.4. The Bertz CT molecular complexity index is 185. The van der Waals surface area contributed by atoms with Crippen LogP contribution in [0.15, 0.2) is 0 Å². The first-order chi connectivity index (χ1) is 6.71. The zero-order valence-electron chi connectivity index (χ0n) is 9.17. The lowest BCUT2D eigenvalue weighted by atomic mass is 9.70. The number of ether oxygens (including phenoxy) is 1. The summed E-state index contributed by atoms with van der Waals surface area (Å²) >= 11 is 0. The fourth-order valence-corrected chi connectivity index (χ4v) is 2.95. The molecule has 82 valence electrons. The van der Waals surface area contributed by atoms with Gasteiger partial charge in [-0.1, -0.05) is 26.2 Å². The van der Waals surface area contributed by atoms with E-state index in [-0.39, 0.29) is 6.10 Å². The van der Waals surface area contributed by atoms with Crippen molar-refractivity contribution in [3.63, 3.8) is 0 Å². The Balaban J connectivity index is 1.97. The van der Waals surface area contributed by atoms with Crippen molar-refractivity contribution < 1.29 is 9.84 Å². The van der Waals surface area contributed by atoms with E-state index in [2.05, 4.69) is 6.92 Å². The van der Waals surface area contributed by atoms with Crippen molar-refractivity contribution in [2.24, 2.45) is 5.41 Å². The van der Waals surface area contributed by atoms with Crippen LogP contribution in [0.2, 0.25) is 0 Å². The van der Waals surface area contributed by atoms with Gasteiger partial charge < -0.3 is 9.84 Å². The Labute approximate surface area is 86.6 Å². The highest BCUT2D eigenvalue weighted by Gasteiger charge is 2.38. The molecule has 0 unspecified atom stereocenters. The van der Waals surface area contributed by atoms with Crippen LogP contribution in [0.3, 0.4) is 0 Å². The van der Waals surface area contributed by atoms with Gasteiger partial charge in [-0.15, -0.1) is 0 Å². The van der Waals surface area contributed by atoms with Crippen LogP contribution in [-0.2, 0) is 4.74 Å². The molecule has 0 radical (unpaired) electrons. The van der Waals surface area contributed by atoms with Gasteiger partial charge in [0.2, 0.25) is 0 Å². The molecule has 0 aromatic rings. The van der Waals surface area contributed by atoms with E-state index < -0.39 is 0 Å². The molecule has 1 aliphatic heterocycles. The highest BCUT2D eigenvalue weighted by atomic mass is 16.5. The first-order valence-corrected chi connectivity index (χ1v) is 6.00. The van der Waals surface area contributed by atoms with Gasteiger partial charge in [-0.2, -0.15) is 0 Å². The predicted octanol–water partition coefficient (Wildman–Crippen LogP) is 2.50. The van der Waals surface area contributed by atoms with Crippen molar-refractivity contribution in [1.29, 1.82) is 0 Å². The quantitative estimate of drug-likeness (QED) is 0.701. The maximum Gasteiger partial charge on any atom is 0.0653 e. The molecule has 0 aromatic heterocycles. The Morgan fingerprint density at radius 2 is 1.93 bits per heavy atom. The van der Waals surface area contributed by atoms with Crippen molar-refractivity contribution in [2.45, 2.75) is 64.1 Å². The molecule has 1 saturated carbocycles. The highest BCUT2D eigenvalue weighted by Crippen LogP contribution is 2.42. The SMILES string of the molecule is CC1([C@H]2C[C@@H](O)CCO2)CCCCC1. The zero-order valence-corrected chi connectivity index (χ0v) is 9.17. The van der Waals surface area contributed by atoms with E-state index in [0.29, 0.717) is 11.5 Å². The summed E-state index contributed by atoms with van der Waals surface area (Å²) in [5.41, 5.74) is 0.347. The molecule has 14 heavy (non-hydrogen) atoms. The monoisotopic (exact) mass is 198 g/mol. The minimum atomic E-state index is -0.118. The van der Waals surface area contributed by atoms with Crippen LogP contribution < -0.4 is 0 Å². The number of hydrogen-bond acceptors (Lipinski definition) is 2. The third-order valence-electron chi connectivity index (χ3n) is 4.03. The summed E-state index contributed by atoms with van der Waals surface area (Å²) in [4.78, 5) is 0. The molecule has 0 amide bonds. The molecule has 2 atom stereocenters. The lowest BCUT2D eigenvalue weighted by molar-refractivity contribution is -0.110. The molecule has 2 nitrogen and oxygen atoms in total. The number of aliphatic hydroxyl groups excluding tert-OH is 1. The van der Waals surface area contributed by atoms with Crippen molar-refractivity contribution in [2.75, 3.05) is 6.61 Å². The second-order valence-electron chi connectivity index (χ2n) is 5.25. The summed E-state index contributed by atoms with van der Waals surface area (Å²) in [6.45, 7) is 3.09. The van der Waals surface area contributed by atoms with Crippen molar-refractivity contribution in [3.8, 4) is 0 Å². The van der Waals surface area contributed by atoms with Gasteiger partial charge in [0.15, 0.2) is 0 Å². The van der Waals surface area contributed by atoms with Crippen molar-refractivity contribution >= 4 is 0 Å². The second-order valence-corrected chi connectivity index (χ2v) is 5.25. The molecule has 0 aromatic carbocycles. The molecule has 1 aliphatic carbocycles. The maximum absolute atomic E-state index is 9.64. The van der Waals surface area contributed by atoms with Crippen LogP contribution in [0.25, 0.3) is 0 Å². The number of aliphatic hydroxyl groups is 1. The van der Waals surface area contributed by atoms with Crippen LogP contribution in [-0.4, -0.2) is 23.9 Å². The van der Waals surface area contributed by atoms with Crippen molar-refractivity contribution in [1.82, 2.24) is 0 Å². The predicted molar refractivity (Wildman–Crippen MR) is 56.2 cm³/mol. The molecule has 2 aliphatic rings. The number of hydrogen-bond donors (Lipinski definition) is 1. The van der Waals surface area contributed by atoms with E-state index >= 15 is 0 Å². The molecular weight excluding hydrogens is 176 g/mol. The van der Waals surface area contributed by atoms with Gasteiger partial charge >= 0.3 is 0 Å². The molecule has 2 rings (SSSR count). The largest absolute Gasteiger partial charge is 0.393 e. The van der Waals surface area contributed by atoms with Crippen LogP contribution >= 0.6 is 0 Å². The number of rotatable bonds is 1. The van der Waals surface area contributed by atoms with Crippen LogP contribution in [0.1, 0.15) is 51.9 Å². The molecular formula is C12H22O2. The molecule has 1 saturated heterocycles. The van der Waals surface area contributed by atoms with E-state index in [1.165, 1.54) is 32.1 Å². The Morgan fingerprint density at radius 1 is 1.21 bits per heavy atom. The average molecular weight is 198 g/mol. The Kier molecular flexibility index (Phi) is 3.13. The smallest absolute Gasteiger partial charge is 0.0653 e. The average Bonchev–Trinajstić information content (AvgIpc) is 2.19. The van der Waals surface area contributed by atoms with Gasteiger partial charge in [-0.05, 0) is 24.7 Å². The molecule has 2 heteroatoms.